The van der Waals surface area contributed by atoms with Gasteiger partial charge < -0.3 is 16.4 Å². The third-order valence-corrected chi connectivity index (χ3v) is 3.20. The van der Waals surface area contributed by atoms with E-state index in [-0.39, 0.29) is 24.4 Å². The first-order chi connectivity index (χ1) is 7.09. The fourth-order valence-electron chi connectivity index (χ4n) is 1.43. The Labute approximate surface area is 93.5 Å². The molecule has 6 heteroatoms. The number of hydrogen-bond acceptors (Lipinski definition) is 4. The third-order valence-electron chi connectivity index (χ3n) is 2.13. The van der Waals surface area contributed by atoms with E-state index >= 15 is 0 Å². The summed E-state index contributed by atoms with van der Waals surface area (Å²) in [4.78, 5) is 22.3. The van der Waals surface area contributed by atoms with Crippen molar-refractivity contribution in [1.29, 1.82) is 0 Å². The summed E-state index contributed by atoms with van der Waals surface area (Å²) >= 11 is 1.76. The SMILES string of the molecule is CC(CC(N)=O)NC(=O)C1CSCCN1. The van der Waals surface area contributed by atoms with Gasteiger partial charge in [-0.05, 0) is 6.92 Å². The van der Waals surface area contributed by atoms with Crippen molar-refractivity contribution in [2.75, 3.05) is 18.1 Å². The van der Waals surface area contributed by atoms with Crippen molar-refractivity contribution in [1.82, 2.24) is 10.6 Å². The number of amides is 2. The first-order valence-corrected chi connectivity index (χ1v) is 6.15. The van der Waals surface area contributed by atoms with E-state index in [0.29, 0.717) is 0 Å². The molecule has 1 saturated heterocycles. The van der Waals surface area contributed by atoms with Crippen molar-refractivity contribution >= 4 is 23.6 Å². The molecule has 0 aliphatic carbocycles. The first-order valence-electron chi connectivity index (χ1n) is 4.99. The minimum absolute atomic E-state index is 0.0454. The lowest BCUT2D eigenvalue weighted by Crippen LogP contribution is -2.51. The van der Waals surface area contributed by atoms with E-state index in [1.807, 2.05) is 0 Å². The van der Waals surface area contributed by atoms with E-state index in [4.69, 9.17) is 5.73 Å². The molecule has 0 bridgehead atoms. The number of carbonyl (C=O) groups excluding carboxylic acids is 2. The molecule has 0 aromatic rings. The normalized spacial score (nSPS) is 23.1. The van der Waals surface area contributed by atoms with E-state index in [1.54, 1.807) is 18.7 Å². The van der Waals surface area contributed by atoms with Gasteiger partial charge in [0.05, 0.1) is 6.04 Å². The smallest absolute Gasteiger partial charge is 0.238 e. The quantitative estimate of drug-likeness (QED) is 0.584. The average molecular weight is 231 g/mol. The Hall–Kier alpha value is -0.750. The number of carbonyl (C=O) groups is 2. The van der Waals surface area contributed by atoms with Gasteiger partial charge in [0.2, 0.25) is 11.8 Å². The maximum atomic E-state index is 11.7. The van der Waals surface area contributed by atoms with Crippen molar-refractivity contribution in [3.63, 3.8) is 0 Å². The molecule has 2 atom stereocenters. The monoisotopic (exact) mass is 231 g/mol. The molecule has 0 spiro atoms. The Morgan fingerprint density at radius 3 is 2.93 bits per heavy atom. The third kappa shape index (κ3) is 4.53. The molecular formula is C9H17N3O2S. The van der Waals surface area contributed by atoms with Gasteiger partial charge in [0.1, 0.15) is 0 Å². The van der Waals surface area contributed by atoms with Gasteiger partial charge in [-0.3, -0.25) is 9.59 Å². The highest BCUT2D eigenvalue weighted by Crippen LogP contribution is 2.07. The lowest BCUT2D eigenvalue weighted by molar-refractivity contribution is -0.123. The standard InChI is InChI=1S/C9H17N3O2S/c1-6(4-8(10)13)12-9(14)7-5-15-3-2-11-7/h6-7,11H,2-5H2,1H3,(H2,10,13)(H,12,14). The fourth-order valence-corrected chi connectivity index (χ4v) is 2.36. The lowest BCUT2D eigenvalue weighted by Gasteiger charge is -2.23. The van der Waals surface area contributed by atoms with Crippen molar-refractivity contribution in [3.8, 4) is 0 Å². The summed E-state index contributed by atoms with van der Waals surface area (Å²) in [5, 5.41) is 5.89. The minimum atomic E-state index is -0.395. The maximum absolute atomic E-state index is 11.7. The summed E-state index contributed by atoms with van der Waals surface area (Å²) in [7, 11) is 0. The van der Waals surface area contributed by atoms with Gasteiger partial charge in [0, 0.05) is 30.5 Å². The zero-order valence-corrected chi connectivity index (χ0v) is 9.60. The second kappa shape index (κ2) is 5.97. The highest BCUT2D eigenvalue weighted by atomic mass is 32.2. The molecule has 1 fully saturated rings. The van der Waals surface area contributed by atoms with Crippen LogP contribution in [-0.4, -0.2) is 41.9 Å². The molecule has 0 aromatic heterocycles. The summed E-state index contributed by atoms with van der Waals surface area (Å²) in [5.41, 5.74) is 5.04. The Kier molecular flexibility index (Phi) is 4.90. The van der Waals surface area contributed by atoms with Gasteiger partial charge in [-0.25, -0.2) is 0 Å². The summed E-state index contributed by atoms with van der Waals surface area (Å²) in [6, 6.07) is -0.331. The number of rotatable bonds is 4. The molecule has 0 radical (unpaired) electrons. The predicted molar refractivity (Wildman–Crippen MR) is 60.5 cm³/mol. The van der Waals surface area contributed by atoms with Gasteiger partial charge in [0.15, 0.2) is 0 Å². The van der Waals surface area contributed by atoms with Crippen LogP contribution in [0.25, 0.3) is 0 Å². The second-order valence-corrected chi connectivity index (χ2v) is 4.81. The van der Waals surface area contributed by atoms with Crippen LogP contribution < -0.4 is 16.4 Å². The largest absolute Gasteiger partial charge is 0.370 e. The van der Waals surface area contributed by atoms with E-state index in [1.165, 1.54) is 0 Å². The number of thioether (sulfide) groups is 1. The van der Waals surface area contributed by atoms with Crippen LogP contribution in [0.2, 0.25) is 0 Å². The van der Waals surface area contributed by atoms with Gasteiger partial charge in [-0.1, -0.05) is 0 Å². The summed E-state index contributed by atoms with van der Waals surface area (Å²) in [6.45, 7) is 2.63. The maximum Gasteiger partial charge on any atom is 0.238 e. The average Bonchev–Trinajstić information content (AvgIpc) is 2.17. The van der Waals surface area contributed by atoms with E-state index in [2.05, 4.69) is 10.6 Å². The first kappa shape index (κ1) is 12.3. The number of nitrogens with one attached hydrogen (secondary N) is 2. The molecule has 5 nitrogen and oxygen atoms in total. The molecule has 2 amide bonds. The molecule has 1 aliphatic heterocycles. The van der Waals surface area contributed by atoms with Crippen LogP contribution >= 0.6 is 11.8 Å². The lowest BCUT2D eigenvalue weighted by atomic mass is 10.2. The summed E-state index contributed by atoms with van der Waals surface area (Å²) in [6.07, 6.45) is 0.186. The fraction of sp³-hybridized carbons (Fsp3) is 0.778. The molecule has 1 rings (SSSR count). The molecule has 0 saturated carbocycles. The van der Waals surface area contributed by atoms with Crippen LogP contribution in [0.1, 0.15) is 13.3 Å². The Bertz CT molecular complexity index is 242. The number of primary amides is 1. The van der Waals surface area contributed by atoms with Crippen LogP contribution in [0.4, 0.5) is 0 Å². The Morgan fingerprint density at radius 1 is 1.67 bits per heavy atom. The molecule has 2 unspecified atom stereocenters. The van der Waals surface area contributed by atoms with Gasteiger partial charge >= 0.3 is 0 Å². The Morgan fingerprint density at radius 2 is 2.40 bits per heavy atom. The second-order valence-electron chi connectivity index (χ2n) is 3.66. The van der Waals surface area contributed by atoms with Crippen LogP contribution in [0.5, 0.6) is 0 Å². The van der Waals surface area contributed by atoms with E-state index in [0.717, 1.165) is 18.1 Å². The molecular weight excluding hydrogens is 214 g/mol. The summed E-state index contributed by atoms with van der Waals surface area (Å²) in [5.74, 6) is 1.39. The number of hydrogen-bond donors (Lipinski definition) is 3. The topological polar surface area (TPSA) is 84.2 Å². The molecule has 4 N–H and O–H groups in total. The van der Waals surface area contributed by atoms with Crippen LogP contribution in [0, 0.1) is 0 Å². The minimum Gasteiger partial charge on any atom is -0.370 e. The molecule has 0 aromatic carbocycles. The predicted octanol–water partition coefficient (Wildman–Crippen LogP) is -0.928. The zero-order valence-electron chi connectivity index (χ0n) is 8.79. The van der Waals surface area contributed by atoms with E-state index in [9.17, 15) is 9.59 Å². The van der Waals surface area contributed by atoms with Gasteiger partial charge in [-0.15, -0.1) is 0 Å². The van der Waals surface area contributed by atoms with Crippen LogP contribution in [0.15, 0.2) is 0 Å². The molecule has 1 aliphatic rings. The molecule has 15 heavy (non-hydrogen) atoms. The summed E-state index contributed by atoms with van der Waals surface area (Å²) < 4.78 is 0. The van der Waals surface area contributed by atoms with Crippen molar-refractivity contribution in [3.05, 3.63) is 0 Å². The van der Waals surface area contributed by atoms with Gasteiger partial charge in [0.25, 0.3) is 0 Å². The highest BCUT2D eigenvalue weighted by molar-refractivity contribution is 7.99. The number of nitrogens with two attached hydrogens (primary N) is 1. The molecule has 1 heterocycles. The van der Waals surface area contributed by atoms with Crippen LogP contribution in [0.3, 0.4) is 0 Å². The molecule has 86 valence electrons. The highest BCUT2D eigenvalue weighted by Gasteiger charge is 2.22. The van der Waals surface area contributed by atoms with Crippen LogP contribution in [-0.2, 0) is 9.59 Å². The van der Waals surface area contributed by atoms with Crippen molar-refractivity contribution in [2.24, 2.45) is 5.73 Å². The van der Waals surface area contributed by atoms with E-state index < -0.39 is 5.91 Å². The van der Waals surface area contributed by atoms with Gasteiger partial charge in [-0.2, -0.15) is 11.8 Å². The Balaban J connectivity index is 2.30. The van der Waals surface area contributed by atoms with Crippen molar-refractivity contribution in [2.45, 2.75) is 25.4 Å². The van der Waals surface area contributed by atoms with Crippen molar-refractivity contribution < 1.29 is 9.59 Å². The zero-order chi connectivity index (χ0) is 11.3.